The fourth-order valence-electron chi connectivity index (χ4n) is 2.40. The van der Waals surface area contributed by atoms with Crippen molar-refractivity contribution in [3.63, 3.8) is 0 Å². The maximum atomic E-state index is 8.51. The molecule has 0 aromatic heterocycles. The van der Waals surface area contributed by atoms with Crippen LogP contribution in [0.5, 0.6) is 0 Å². The largest absolute Gasteiger partial charge is 0.458 e. The lowest BCUT2D eigenvalue weighted by atomic mass is 10.5. The molecule has 31 heavy (non-hydrogen) atoms. The van der Waals surface area contributed by atoms with Gasteiger partial charge < -0.3 is 28.2 Å². The van der Waals surface area contributed by atoms with Gasteiger partial charge in [-0.25, -0.2) is 0 Å². The molecule has 6 nitrogen and oxygen atoms in total. The molecule has 0 aromatic carbocycles. The molecule has 0 saturated heterocycles. The number of hydrogen-bond donors (Lipinski definition) is 2. The molecule has 0 aliphatic heterocycles. The Balaban J connectivity index is -0.000000114. The number of hydrogen-bond acceptors (Lipinski definition) is 6. The van der Waals surface area contributed by atoms with Gasteiger partial charge in [0.1, 0.15) is 0 Å². The third-order valence-electron chi connectivity index (χ3n) is 2.92. The topological polar surface area (TPSA) is 77.4 Å². The number of aliphatic hydroxyl groups is 2. The maximum absolute atomic E-state index is 8.51. The van der Waals surface area contributed by atoms with Crippen molar-refractivity contribution in [3.8, 4) is 0 Å². The van der Waals surface area contributed by atoms with E-state index in [1.54, 1.807) is 6.08 Å². The van der Waals surface area contributed by atoms with Crippen LogP contribution < -0.4 is 0 Å². The normalized spacial score (nSPS) is 10.9. The molecule has 194 valence electrons. The summed E-state index contributed by atoms with van der Waals surface area (Å²) in [4.78, 5) is 0. The molecule has 0 rings (SSSR count). The Morgan fingerprint density at radius 1 is 0.903 bits per heavy atom. The Morgan fingerprint density at radius 3 is 1.71 bits per heavy atom. The predicted octanol–water partition coefficient (Wildman–Crippen LogP) is 5.29. The van der Waals surface area contributed by atoms with Gasteiger partial charge in [0.25, 0.3) is 0 Å². The zero-order chi connectivity index (χ0) is 23.3. The summed E-state index contributed by atoms with van der Waals surface area (Å²) in [6, 6.07) is 1.16. The van der Waals surface area contributed by atoms with Crippen molar-refractivity contribution in [2.75, 3.05) is 39.6 Å². The van der Waals surface area contributed by atoms with Crippen molar-refractivity contribution in [2.45, 2.75) is 93.1 Å². The average molecular weight is 503 g/mol. The summed E-state index contributed by atoms with van der Waals surface area (Å²) in [5.41, 5.74) is 0. The first kappa shape index (κ1) is 41.4. The Kier molecular flexibility index (Phi) is 35.3. The Labute approximate surface area is 199 Å². The van der Waals surface area contributed by atoms with E-state index in [-0.39, 0.29) is 28.1 Å². The lowest BCUT2D eigenvalue weighted by Crippen LogP contribution is -2.35. The minimum Gasteiger partial charge on any atom is -0.458 e. The molecule has 0 heterocycles. The third kappa shape index (κ3) is 48.7. The molecule has 0 saturated carbocycles. The molecule has 0 aliphatic rings. The molecule has 9 heteroatoms. The van der Waals surface area contributed by atoms with Crippen LogP contribution in [0.25, 0.3) is 0 Å². The second-order valence-corrected chi connectivity index (χ2v) is 20.3. The van der Waals surface area contributed by atoms with Gasteiger partial charge >= 0.3 is 0 Å². The fraction of sp³-hybridized carbons (Fsp3) is 0.909. The summed E-state index contributed by atoms with van der Waals surface area (Å²) in [6.45, 7) is 25.5. The minimum atomic E-state index is -1.41. The molecule has 0 bridgehead atoms. The van der Waals surface area contributed by atoms with Crippen LogP contribution in [-0.4, -0.2) is 81.6 Å². The van der Waals surface area contributed by atoms with Gasteiger partial charge in [-0.15, -0.1) is 6.58 Å². The molecular formula is C22H58O6Si3. The van der Waals surface area contributed by atoms with E-state index in [2.05, 4.69) is 66.3 Å². The quantitative estimate of drug-likeness (QED) is 0.191. The lowest BCUT2D eigenvalue weighted by molar-refractivity contribution is 0.0924. The molecule has 0 radical (unpaired) electrons. The highest BCUT2D eigenvalue weighted by Crippen LogP contribution is 2.14. The van der Waals surface area contributed by atoms with Crippen molar-refractivity contribution in [1.29, 1.82) is 0 Å². The summed E-state index contributed by atoms with van der Waals surface area (Å²) in [5, 5.41) is 16.6. The highest BCUT2D eigenvalue weighted by atomic mass is 28.4. The molecule has 0 fully saturated rings. The van der Waals surface area contributed by atoms with Crippen LogP contribution in [0.1, 0.15) is 35.1 Å². The van der Waals surface area contributed by atoms with Gasteiger partial charge in [0.05, 0.1) is 33.0 Å². The second kappa shape index (κ2) is 26.4. The highest BCUT2D eigenvalue weighted by Gasteiger charge is 2.22. The van der Waals surface area contributed by atoms with Gasteiger partial charge in [-0.3, -0.25) is 0 Å². The van der Waals surface area contributed by atoms with Crippen LogP contribution in [0.2, 0.25) is 51.9 Å². The van der Waals surface area contributed by atoms with Crippen molar-refractivity contribution in [3.05, 3.63) is 12.7 Å². The van der Waals surface area contributed by atoms with Crippen molar-refractivity contribution in [2.24, 2.45) is 0 Å². The zero-order valence-electron chi connectivity index (χ0n) is 20.6. The smallest absolute Gasteiger partial charge is 0.184 e. The van der Waals surface area contributed by atoms with Crippen LogP contribution >= 0.6 is 0 Å². The van der Waals surface area contributed by atoms with E-state index in [4.69, 9.17) is 28.2 Å². The van der Waals surface area contributed by atoms with Crippen LogP contribution in [0.15, 0.2) is 12.7 Å². The van der Waals surface area contributed by atoms with Crippen molar-refractivity contribution >= 4 is 25.7 Å². The number of aliphatic hydroxyl groups excluding tert-OH is 2. The lowest BCUT2D eigenvalue weighted by Gasteiger charge is -2.25. The van der Waals surface area contributed by atoms with E-state index in [9.17, 15) is 0 Å². The molecule has 0 amide bonds. The predicted molar refractivity (Wildman–Crippen MR) is 146 cm³/mol. The monoisotopic (exact) mass is 502 g/mol. The third-order valence-corrected chi connectivity index (χ3v) is 10.1. The van der Waals surface area contributed by atoms with E-state index in [0.717, 1.165) is 19.1 Å². The van der Waals surface area contributed by atoms with Gasteiger partial charge in [0.2, 0.25) is 0 Å². The van der Waals surface area contributed by atoms with Crippen LogP contribution in [0.4, 0.5) is 0 Å². The van der Waals surface area contributed by atoms with Crippen LogP contribution in [0, 0.1) is 0 Å². The Hall–Kier alpha value is 0.151. The van der Waals surface area contributed by atoms with Crippen molar-refractivity contribution in [1.82, 2.24) is 0 Å². The van der Waals surface area contributed by atoms with Gasteiger partial charge in [-0.05, 0) is 72.1 Å². The fourth-order valence-corrected chi connectivity index (χ4v) is 10.4. The van der Waals surface area contributed by atoms with E-state index in [1.165, 1.54) is 0 Å². The Bertz CT molecular complexity index is 349. The van der Waals surface area contributed by atoms with Gasteiger partial charge in [0, 0.05) is 12.7 Å². The van der Waals surface area contributed by atoms with Crippen LogP contribution in [0.3, 0.4) is 0 Å². The molecule has 2 N–H and O–H groups in total. The number of ether oxygens (including phenoxy) is 2. The summed E-state index contributed by atoms with van der Waals surface area (Å²) in [7, 11) is -3.51. The molecule has 0 spiro atoms. The summed E-state index contributed by atoms with van der Waals surface area (Å²) < 4.78 is 21.6. The number of rotatable bonds is 14. The van der Waals surface area contributed by atoms with E-state index >= 15 is 0 Å². The maximum Gasteiger partial charge on any atom is 0.184 e. The van der Waals surface area contributed by atoms with Crippen LogP contribution in [-0.2, 0) is 18.0 Å². The van der Waals surface area contributed by atoms with Gasteiger partial charge in [0.15, 0.2) is 25.7 Å². The average Bonchev–Trinajstić information content (AvgIpc) is 2.53. The molecule has 0 aliphatic carbocycles. The summed E-state index contributed by atoms with van der Waals surface area (Å²) >= 11 is 0. The molecular weight excluding hydrogens is 444 g/mol. The van der Waals surface area contributed by atoms with Gasteiger partial charge in [-0.1, -0.05) is 20.9 Å². The molecule has 0 unspecified atom stereocenters. The minimum absolute atomic E-state index is 0. The zero-order valence-corrected chi connectivity index (χ0v) is 23.8. The van der Waals surface area contributed by atoms with Crippen molar-refractivity contribution < 1.29 is 28.2 Å². The highest BCUT2D eigenvalue weighted by molar-refractivity contribution is 6.77. The first-order valence-electron chi connectivity index (χ1n) is 10.6. The standard InChI is InChI=1S/C9H24O3Si2.C6H16OSi.C5H10O2.2CH4/c1-13(2)12-14(3,4)9-5-7-11-8-6-10;1-6(2)7-8(3,4)5;1-2-4-7-5-3-6;;/h10,13H,5-9H2,1-4H3;6H,1-5H3;2,6H,1,3-5H2;2*1H4. The SMILES string of the molecule is C.C.C=CCOCCO.CC(C)O[Si](C)(C)C.C[SiH](C)O[Si](C)(C)CCCOCCO. The second-order valence-electron chi connectivity index (χ2n) is 8.73. The van der Waals surface area contributed by atoms with E-state index < -0.39 is 25.7 Å². The Morgan fingerprint density at radius 2 is 1.39 bits per heavy atom. The molecule has 0 atom stereocenters. The summed E-state index contributed by atoms with van der Waals surface area (Å²) in [6.07, 6.45) is 3.11. The first-order valence-corrected chi connectivity index (χ1v) is 20.0. The van der Waals surface area contributed by atoms with E-state index in [1.807, 2.05) is 0 Å². The summed E-state index contributed by atoms with van der Waals surface area (Å²) in [5.74, 6) is 0. The van der Waals surface area contributed by atoms with E-state index in [0.29, 0.717) is 25.9 Å². The first-order chi connectivity index (χ1) is 13.3. The molecule has 0 aromatic rings. The van der Waals surface area contributed by atoms with Gasteiger partial charge in [-0.2, -0.15) is 0 Å².